The van der Waals surface area contributed by atoms with Gasteiger partial charge in [-0.2, -0.15) is 5.10 Å². The van der Waals surface area contributed by atoms with Crippen molar-refractivity contribution in [2.75, 3.05) is 0 Å². The number of aromatic nitrogens is 1. The fourth-order valence-corrected chi connectivity index (χ4v) is 2.89. The van der Waals surface area contributed by atoms with Crippen molar-refractivity contribution in [3.05, 3.63) is 44.7 Å². The second kappa shape index (κ2) is 6.44. The third-order valence-electron chi connectivity index (χ3n) is 2.59. The maximum Gasteiger partial charge on any atom is 0.271 e. The van der Waals surface area contributed by atoms with E-state index in [-0.39, 0.29) is 11.8 Å². The van der Waals surface area contributed by atoms with Crippen LogP contribution in [-0.4, -0.2) is 21.8 Å². The van der Waals surface area contributed by atoms with Crippen LogP contribution in [0.2, 0.25) is 0 Å². The Bertz CT molecular complexity index is 689. The van der Waals surface area contributed by atoms with Gasteiger partial charge in [0, 0.05) is 12.1 Å². The van der Waals surface area contributed by atoms with Gasteiger partial charge in [-0.3, -0.25) is 9.36 Å². The van der Waals surface area contributed by atoms with E-state index in [0.29, 0.717) is 20.9 Å². The molecule has 0 aliphatic rings. The number of carbonyl (C=O) groups excluding carboxylic acids is 1. The molecular weight excluding hydrogens is 294 g/mol. The van der Waals surface area contributed by atoms with Crippen LogP contribution in [0.25, 0.3) is 0 Å². The largest absolute Gasteiger partial charge is 0.493 e. The number of nitrogens with zero attached hydrogens (tertiary/aromatic N) is 2. The molecule has 1 aromatic carbocycles. The standard InChI is InChI=1S/C13H13N3O2S2/c1-2-16-12(18)10(20-13(16)19)8-14-15-11(17)9-6-4-3-5-7-9/h3-8,18H,2H2,1H3,(H,15,17)/b14-8+. The second-order valence-corrected chi connectivity index (χ2v) is 5.54. The Morgan fingerprint density at radius 2 is 2.20 bits per heavy atom. The third kappa shape index (κ3) is 3.12. The second-order valence-electron chi connectivity index (χ2n) is 3.87. The highest BCUT2D eigenvalue weighted by molar-refractivity contribution is 7.73. The first-order chi connectivity index (χ1) is 9.63. The summed E-state index contributed by atoms with van der Waals surface area (Å²) in [6.45, 7) is 2.48. The lowest BCUT2D eigenvalue weighted by molar-refractivity contribution is 0.0955. The molecule has 104 valence electrons. The minimum absolute atomic E-state index is 0.0696. The molecule has 1 heterocycles. The topological polar surface area (TPSA) is 66.6 Å². The van der Waals surface area contributed by atoms with Gasteiger partial charge in [0.05, 0.1) is 6.21 Å². The molecule has 0 aliphatic heterocycles. The molecule has 5 nitrogen and oxygen atoms in total. The number of thiazole rings is 1. The number of hydrogen-bond donors (Lipinski definition) is 2. The van der Waals surface area contributed by atoms with Crippen molar-refractivity contribution in [1.29, 1.82) is 0 Å². The maximum atomic E-state index is 11.7. The molecule has 1 aromatic heterocycles. The Morgan fingerprint density at radius 1 is 1.50 bits per heavy atom. The van der Waals surface area contributed by atoms with Crippen molar-refractivity contribution in [3.8, 4) is 5.88 Å². The van der Waals surface area contributed by atoms with Gasteiger partial charge in [0.25, 0.3) is 5.91 Å². The minimum Gasteiger partial charge on any atom is -0.493 e. The molecule has 0 unspecified atom stereocenters. The number of aromatic hydroxyl groups is 1. The normalized spacial score (nSPS) is 10.8. The van der Waals surface area contributed by atoms with Crippen molar-refractivity contribution < 1.29 is 9.90 Å². The van der Waals surface area contributed by atoms with Gasteiger partial charge in [0.1, 0.15) is 4.88 Å². The molecule has 0 radical (unpaired) electrons. The maximum absolute atomic E-state index is 11.7. The highest BCUT2D eigenvalue weighted by Crippen LogP contribution is 2.23. The van der Waals surface area contributed by atoms with Crippen LogP contribution in [0.3, 0.4) is 0 Å². The molecule has 20 heavy (non-hydrogen) atoms. The van der Waals surface area contributed by atoms with Crippen molar-refractivity contribution >= 4 is 35.7 Å². The fourth-order valence-electron chi connectivity index (χ4n) is 1.58. The van der Waals surface area contributed by atoms with Gasteiger partial charge in [-0.1, -0.05) is 29.5 Å². The number of rotatable bonds is 4. The lowest BCUT2D eigenvalue weighted by atomic mass is 10.2. The van der Waals surface area contributed by atoms with Crippen LogP contribution in [0.1, 0.15) is 22.2 Å². The molecule has 2 aromatic rings. The van der Waals surface area contributed by atoms with Crippen LogP contribution < -0.4 is 5.43 Å². The molecule has 2 rings (SSSR count). The monoisotopic (exact) mass is 307 g/mol. The molecule has 0 saturated heterocycles. The van der Waals surface area contributed by atoms with Gasteiger partial charge in [0.2, 0.25) is 5.88 Å². The average Bonchev–Trinajstić information content (AvgIpc) is 2.74. The lowest BCUT2D eigenvalue weighted by Crippen LogP contribution is -2.17. The highest BCUT2D eigenvalue weighted by Gasteiger charge is 2.08. The first-order valence-corrected chi connectivity index (χ1v) is 7.17. The van der Waals surface area contributed by atoms with Gasteiger partial charge in [-0.05, 0) is 31.3 Å². The Balaban J connectivity index is 2.08. The Morgan fingerprint density at radius 3 is 2.80 bits per heavy atom. The molecule has 2 N–H and O–H groups in total. The summed E-state index contributed by atoms with van der Waals surface area (Å²) in [4.78, 5) is 12.3. The Labute approximate surface area is 125 Å². The predicted molar refractivity (Wildman–Crippen MR) is 82.0 cm³/mol. The van der Waals surface area contributed by atoms with Crippen molar-refractivity contribution in [2.45, 2.75) is 13.5 Å². The molecule has 7 heteroatoms. The predicted octanol–water partition coefficient (Wildman–Crippen LogP) is 2.77. The molecule has 0 fully saturated rings. The van der Waals surface area contributed by atoms with E-state index in [2.05, 4.69) is 10.5 Å². The molecular formula is C13H13N3O2S2. The zero-order chi connectivity index (χ0) is 14.5. The van der Waals surface area contributed by atoms with Crippen molar-refractivity contribution in [2.24, 2.45) is 5.10 Å². The summed E-state index contributed by atoms with van der Waals surface area (Å²) in [7, 11) is 0. The van der Waals surface area contributed by atoms with Crippen LogP contribution in [0.4, 0.5) is 0 Å². The summed E-state index contributed by atoms with van der Waals surface area (Å²) in [5, 5.41) is 13.7. The summed E-state index contributed by atoms with van der Waals surface area (Å²) < 4.78 is 2.17. The summed E-state index contributed by atoms with van der Waals surface area (Å²) in [5.74, 6) is -0.236. The van der Waals surface area contributed by atoms with E-state index < -0.39 is 0 Å². The third-order valence-corrected chi connectivity index (χ3v) is 3.97. The number of carbonyl (C=O) groups is 1. The van der Waals surface area contributed by atoms with E-state index in [1.165, 1.54) is 17.6 Å². The van der Waals surface area contributed by atoms with E-state index in [4.69, 9.17) is 12.2 Å². The number of amides is 1. The molecule has 0 bridgehead atoms. The van der Waals surface area contributed by atoms with E-state index in [0.717, 1.165) is 0 Å². The fraction of sp³-hybridized carbons (Fsp3) is 0.154. The zero-order valence-corrected chi connectivity index (χ0v) is 12.4. The zero-order valence-electron chi connectivity index (χ0n) is 10.7. The van der Waals surface area contributed by atoms with Gasteiger partial charge in [-0.25, -0.2) is 5.43 Å². The van der Waals surface area contributed by atoms with Crippen LogP contribution >= 0.6 is 23.6 Å². The average molecular weight is 307 g/mol. The smallest absolute Gasteiger partial charge is 0.271 e. The van der Waals surface area contributed by atoms with Crippen LogP contribution in [0.15, 0.2) is 35.4 Å². The Hall–Kier alpha value is -1.99. The van der Waals surface area contributed by atoms with Crippen molar-refractivity contribution in [1.82, 2.24) is 9.99 Å². The van der Waals surface area contributed by atoms with Crippen molar-refractivity contribution in [3.63, 3.8) is 0 Å². The van der Waals surface area contributed by atoms with E-state index in [1.54, 1.807) is 28.8 Å². The lowest BCUT2D eigenvalue weighted by Gasteiger charge is -1.99. The van der Waals surface area contributed by atoms with Gasteiger partial charge in [-0.15, -0.1) is 0 Å². The number of hydrogen-bond acceptors (Lipinski definition) is 5. The Kier molecular flexibility index (Phi) is 4.65. The summed E-state index contributed by atoms with van der Waals surface area (Å²) in [5.41, 5.74) is 2.93. The molecule has 1 amide bonds. The van der Waals surface area contributed by atoms with E-state index >= 15 is 0 Å². The van der Waals surface area contributed by atoms with Gasteiger partial charge >= 0.3 is 0 Å². The van der Waals surface area contributed by atoms with E-state index in [1.807, 2.05) is 13.0 Å². The first-order valence-electron chi connectivity index (χ1n) is 5.94. The van der Waals surface area contributed by atoms with E-state index in [9.17, 15) is 9.90 Å². The summed E-state index contributed by atoms with van der Waals surface area (Å²) >= 11 is 6.35. The first kappa shape index (κ1) is 14.4. The summed E-state index contributed by atoms with van der Waals surface area (Å²) in [6, 6.07) is 8.77. The summed E-state index contributed by atoms with van der Waals surface area (Å²) in [6.07, 6.45) is 1.39. The molecule has 0 saturated carbocycles. The quantitative estimate of drug-likeness (QED) is 0.518. The number of benzene rings is 1. The van der Waals surface area contributed by atoms with Gasteiger partial charge < -0.3 is 5.11 Å². The van der Waals surface area contributed by atoms with Crippen LogP contribution in [-0.2, 0) is 6.54 Å². The van der Waals surface area contributed by atoms with Gasteiger partial charge in [0.15, 0.2) is 3.95 Å². The highest BCUT2D eigenvalue weighted by atomic mass is 32.1. The SMILES string of the molecule is CCn1c(O)c(/C=N/NC(=O)c2ccccc2)sc1=S. The number of hydrazone groups is 1. The van der Waals surface area contributed by atoms with Crippen LogP contribution in [0.5, 0.6) is 5.88 Å². The molecule has 0 aliphatic carbocycles. The molecule has 0 spiro atoms. The minimum atomic E-state index is -0.306. The number of nitrogens with one attached hydrogen (secondary N) is 1. The van der Waals surface area contributed by atoms with Crippen LogP contribution in [0, 0.1) is 3.95 Å². The molecule has 0 atom stereocenters.